The lowest BCUT2D eigenvalue weighted by molar-refractivity contribution is -0.119. The number of benzene rings is 3. The van der Waals surface area contributed by atoms with Crippen molar-refractivity contribution in [1.82, 2.24) is 5.43 Å². The Morgan fingerprint density at radius 2 is 1.79 bits per heavy atom. The van der Waals surface area contributed by atoms with Crippen molar-refractivity contribution in [1.29, 1.82) is 0 Å². The summed E-state index contributed by atoms with van der Waals surface area (Å²) in [5.74, 6) is -0.526. The molecule has 0 radical (unpaired) electrons. The van der Waals surface area contributed by atoms with Crippen molar-refractivity contribution in [2.45, 2.75) is 6.92 Å². The number of nitrogens with one attached hydrogen (secondary N) is 1. The summed E-state index contributed by atoms with van der Waals surface area (Å²) in [5, 5.41) is 5.58. The molecule has 144 valence electrons. The van der Waals surface area contributed by atoms with Gasteiger partial charge in [0, 0.05) is 5.39 Å². The first-order valence-corrected chi connectivity index (χ1v) is 10.5. The lowest BCUT2D eigenvalue weighted by atomic mass is 10.1. The van der Waals surface area contributed by atoms with Gasteiger partial charge in [-0.1, -0.05) is 66.2 Å². The maximum absolute atomic E-state index is 12.4. The van der Waals surface area contributed by atoms with Crippen molar-refractivity contribution >= 4 is 38.6 Å². The quantitative estimate of drug-likeness (QED) is 0.515. The van der Waals surface area contributed by atoms with Crippen molar-refractivity contribution in [3.8, 4) is 0 Å². The van der Waals surface area contributed by atoms with E-state index in [0.29, 0.717) is 5.69 Å². The van der Waals surface area contributed by atoms with E-state index < -0.39 is 15.9 Å². The van der Waals surface area contributed by atoms with Gasteiger partial charge in [-0.05, 0) is 23.9 Å². The third-order valence-corrected chi connectivity index (χ3v) is 5.29. The Bertz CT molecular complexity index is 1140. The Balaban J connectivity index is 1.81. The molecule has 0 aromatic heterocycles. The van der Waals surface area contributed by atoms with Gasteiger partial charge in [0.05, 0.1) is 18.2 Å². The number of hydrogen-bond acceptors (Lipinski definition) is 4. The minimum absolute atomic E-state index is 0.363. The molecular weight excluding hydrogens is 374 g/mol. The highest BCUT2D eigenvalue weighted by molar-refractivity contribution is 7.92. The number of sulfonamides is 1. The van der Waals surface area contributed by atoms with Crippen LogP contribution in [0.15, 0.2) is 71.8 Å². The number of amides is 1. The monoisotopic (exact) mass is 395 g/mol. The summed E-state index contributed by atoms with van der Waals surface area (Å²) in [6, 6.07) is 20.4. The van der Waals surface area contributed by atoms with Crippen molar-refractivity contribution in [3.05, 3.63) is 77.9 Å². The number of carbonyl (C=O) groups is 1. The van der Waals surface area contributed by atoms with Crippen LogP contribution in [0.4, 0.5) is 5.69 Å². The summed E-state index contributed by atoms with van der Waals surface area (Å²) >= 11 is 0. The summed E-state index contributed by atoms with van der Waals surface area (Å²) in [7, 11) is -3.67. The van der Waals surface area contributed by atoms with Crippen molar-refractivity contribution < 1.29 is 13.2 Å². The second-order valence-electron chi connectivity index (χ2n) is 6.48. The predicted octanol–water partition coefficient (Wildman–Crippen LogP) is 3.06. The zero-order chi connectivity index (χ0) is 20.1. The van der Waals surface area contributed by atoms with Gasteiger partial charge in [0.2, 0.25) is 10.0 Å². The van der Waals surface area contributed by atoms with E-state index in [0.717, 1.165) is 32.5 Å². The van der Waals surface area contributed by atoms with Crippen LogP contribution in [0.3, 0.4) is 0 Å². The number of nitrogens with zero attached hydrogens (tertiary/aromatic N) is 2. The Kier molecular flexibility index (Phi) is 5.75. The van der Waals surface area contributed by atoms with Gasteiger partial charge in [-0.25, -0.2) is 13.8 Å². The molecule has 6 nitrogen and oxygen atoms in total. The van der Waals surface area contributed by atoms with Gasteiger partial charge in [0.15, 0.2) is 0 Å². The maximum atomic E-state index is 12.4. The molecule has 1 N–H and O–H groups in total. The zero-order valence-electron chi connectivity index (χ0n) is 15.7. The summed E-state index contributed by atoms with van der Waals surface area (Å²) in [4.78, 5) is 12.3. The van der Waals surface area contributed by atoms with Crippen LogP contribution in [0.25, 0.3) is 10.8 Å². The fraction of sp³-hybridized carbons (Fsp3) is 0.143. The fourth-order valence-electron chi connectivity index (χ4n) is 2.90. The Labute approximate surface area is 164 Å². The fourth-order valence-corrected chi connectivity index (χ4v) is 3.77. The van der Waals surface area contributed by atoms with Crippen LogP contribution >= 0.6 is 0 Å². The molecule has 0 fully saturated rings. The molecule has 3 rings (SSSR count). The molecule has 0 atom stereocenters. The molecule has 0 heterocycles. The van der Waals surface area contributed by atoms with Crippen LogP contribution in [-0.2, 0) is 14.8 Å². The number of fused-ring (bicyclic) bond motifs is 1. The van der Waals surface area contributed by atoms with Crippen molar-refractivity contribution in [2.75, 3.05) is 17.1 Å². The number of anilines is 1. The van der Waals surface area contributed by atoms with Crippen molar-refractivity contribution in [2.24, 2.45) is 5.10 Å². The first-order chi connectivity index (χ1) is 13.3. The number of aryl methyl sites for hydroxylation is 1. The summed E-state index contributed by atoms with van der Waals surface area (Å²) in [5.41, 5.74) is 4.77. The highest BCUT2D eigenvalue weighted by atomic mass is 32.2. The predicted molar refractivity (Wildman–Crippen MR) is 113 cm³/mol. The highest BCUT2D eigenvalue weighted by Crippen LogP contribution is 2.28. The first-order valence-electron chi connectivity index (χ1n) is 8.68. The summed E-state index contributed by atoms with van der Waals surface area (Å²) < 4.78 is 25.8. The average molecular weight is 395 g/mol. The number of carbonyl (C=O) groups excluding carboxylic acids is 1. The smallest absolute Gasteiger partial charge is 0.260 e. The standard InChI is InChI=1S/C21H21N3O3S/c1-16-7-5-8-17(13-16)14-22-23-21(25)15-24(28(2,26)27)20-12-6-10-18-9-3-4-11-19(18)20/h3-14H,15H2,1-2H3,(H,23,25)/b22-14-. The highest BCUT2D eigenvalue weighted by Gasteiger charge is 2.22. The lowest BCUT2D eigenvalue weighted by Gasteiger charge is -2.23. The van der Waals surface area contributed by atoms with Gasteiger partial charge in [0.25, 0.3) is 5.91 Å². The van der Waals surface area contributed by atoms with Crippen molar-refractivity contribution in [3.63, 3.8) is 0 Å². The molecule has 0 saturated heterocycles. The van der Waals surface area contributed by atoms with Gasteiger partial charge in [-0.2, -0.15) is 5.10 Å². The van der Waals surface area contributed by atoms with E-state index in [9.17, 15) is 13.2 Å². The molecule has 1 amide bonds. The largest absolute Gasteiger partial charge is 0.271 e. The molecule has 0 unspecified atom stereocenters. The van der Waals surface area contributed by atoms with E-state index in [2.05, 4.69) is 10.5 Å². The second kappa shape index (κ2) is 8.22. The molecule has 3 aromatic rings. The van der Waals surface area contributed by atoms with E-state index in [1.165, 1.54) is 6.21 Å². The molecule has 0 saturated carbocycles. The average Bonchev–Trinajstić information content (AvgIpc) is 2.65. The van der Waals surface area contributed by atoms with Crippen LogP contribution in [0.2, 0.25) is 0 Å². The molecule has 28 heavy (non-hydrogen) atoms. The molecule has 0 aliphatic carbocycles. The number of hydrazone groups is 1. The van der Waals surface area contributed by atoms with Gasteiger partial charge < -0.3 is 0 Å². The van der Waals surface area contributed by atoms with Crippen LogP contribution < -0.4 is 9.73 Å². The summed E-state index contributed by atoms with van der Waals surface area (Å²) in [6.07, 6.45) is 2.60. The summed E-state index contributed by atoms with van der Waals surface area (Å²) in [6.45, 7) is 1.60. The second-order valence-corrected chi connectivity index (χ2v) is 8.38. The Morgan fingerprint density at radius 3 is 2.54 bits per heavy atom. The SMILES string of the molecule is Cc1cccc(/C=N\NC(=O)CN(c2cccc3ccccc23)S(C)(=O)=O)c1. The number of rotatable bonds is 6. The first kappa shape index (κ1) is 19.6. The van der Waals surface area contributed by atoms with E-state index in [-0.39, 0.29) is 6.54 Å². The topological polar surface area (TPSA) is 78.8 Å². The Morgan fingerprint density at radius 1 is 1.07 bits per heavy atom. The van der Waals surface area contributed by atoms with Crippen LogP contribution in [-0.4, -0.2) is 33.3 Å². The van der Waals surface area contributed by atoms with Crippen LogP contribution in [0.1, 0.15) is 11.1 Å². The third-order valence-electron chi connectivity index (χ3n) is 4.17. The Hall–Kier alpha value is -3.19. The minimum Gasteiger partial charge on any atom is -0.271 e. The van der Waals surface area contributed by atoms with E-state index in [4.69, 9.17) is 0 Å². The zero-order valence-corrected chi connectivity index (χ0v) is 16.5. The van der Waals surface area contributed by atoms with Gasteiger partial charge in [-0.15, -0.1) is 0 Å². The van der Waals surface area contributed by atoms with Gasteiger partial charge >= 0.3 is 0 Å². The van der Waals surface area contributed by atoms with Gasteiger partial charge in [-0.3, -0.25) is 9.10 Å². The normalized spacial score (nSPS) is 11.6. The van der Waals surface area contributed by atoms with Crippen LogP contribution in [0, 0.1) is 6.92 Å². The van der Waals surface area contributed by atoms with Gasteiger partial charge in [0.1, 0.15) is 6.54 Å². The molecule has 7 heteroatoms. The lowest BCUT2D eigenvalue weighted by Crippen LogP contribution is -2.39. The molecule has 0 spiro atoms. The molecule has 0 aliphatic rings. The van der Waals surface area contributed by atoms with E-state index in [1.54, 1.807) is 12.1 Å². The maximum Gasteiger partial charge on any atom is 0.260 e. The minimum atomic E-state index is -3.67. The third kappa shape index (κ3) is 4.75. The molecule has 0 bridgehead atoms. The van der Waals surface area contributed by atoms with E-state index in [1.807, 2.05) is 61.5 Å². The molecular formula is C21H21N3O3S. The number of hydrogen-bond donors (Lipinski definition) is 1. The molecule has 0 aliphatic heterocycles. The molecule has 3 aromatic carbocycles. The van der Waals surface area contributed by atoms with E-state index >= 15 is 0 Å². The van der Waals surface area contributed by atoms with Crippen LogP contribution in [0.5, 0.6) is 0 Å².